The summed E-state index contributed by atoms with van der Waals surface area (Å²) in [4.78, 5) is 7.00. The first kappa shape index (κ1) is 22.5. The molecule has 0 aromatic heterocycles. The molecule has 148 valence electrons. The minimum Gasteiger partial charge on any atom is -0.372 e. The first-order chi connectivity index (χ1) is 12.4. The van der Waals surface area contributed by atoms with Crippen LogP contribution in [0.2, 0.25) is 0 Å². The molecule has 5 nitrogen and oxygen atoms in total. The highest BCUT2D eigenvalue weighted by Crippen LogP contribution is 2.13. The maximum Gasteiger partial charge on any atom is 0.191 e. The topological polar surface area (TPSA) is 56.7 Å². The molecule has 0 spiro atoms. The summed E-state index contributed by atoms with van der Waals surface area (Å²) in [5.41, 5.74) is 1.26. The lowest BCUT2D eigenvalue weighted by molar-refractivity contribution is 0.647. The molecule has 0 fully saturated rings. The predicted molar refractivity (Wildman–Crippen MR) is 116 cm³/mol. The number of anilines is 1. The maximum atomic E-state index is 12.1. The third-order valence-electron chi connectivity index (χ3n) is 3.97. The number of guanidine groups is 1. The zero-order valence-electron chi connectivity index (χ0n) is 17.0. The number of aliphatic imine (C=N–C) groups is 1. The average Bonchev–Trinajstić information content (AvgIpc) is 2.61. The zero-order valence-corrected chi connectivity index (χ0v) is 17.9. The van der Waals surface area contributed by atoms with Crippen molar-refractivity contribution in [1.29, 1.82) is 0 Å². The van der Waals surface area contributed by atoms with Crippen molar-refractivity contribution in [3.05, 3.63) is 30.3 Å². The molecule has 0 aliphatic rings. The fourth-order valence-electron chi connectivity index (χ4n) is 2.47. The molecule has 1 unspecified atom stereocenters. The molecule has 0 saturated heterocycles. The number of nitrogens with zero attached hydrogens (tertiary/aromatic N) is 2. The molecule has 1 aromatic carbocycles. The molecule has 0 heterocycles. The van der Waals surface area contributed by atoms with Crippen LogP contribution in [0.3, 0.4) is 0 Å². The lowest BCUT2D eigenvalue weighted by Crippen LogP contribution is -2.40. The van der Waals surface area contributed by atoms with E-state index in [0.717, 1.165) is 38.6 Å². The lowest BCUT2D eigenvalue weighted by Gasteiger charge is -2.22. The van der Waals surface area contributed by atoms with Crippen molar-refractivity contribution in [2.75, 3.05) is 43.4 Å². The van der Waals surface area contributed by atoms with Crippen LogP contribution in [-0.4, -0.2) is 53.4 Å². The van der Waals surface area contributed by atoms with Crippen LogP contribution in [0.5, 0.6) is 0 Å². The molecule has 0 aliphatic heterocycles. The average molecular weight is 381 g/mol. The van der Waals surface area contributed by atoms with Crippen molar-refractivity contribution in [2.45, 2.75) is 45.8 Å². The van der Waals surface area contributed by atoms with Gasteiger partial charge < -0.3 is 15.5 Å². The van der Waals surface area contributed by atoms with Crippen LogP contribution in [0.15, 0.2) is 35.3 Å². The van der Waals surface area contributed by atoms with Gasteiger partial charge >= 0.3 is 0 Å². The van der Waals surface area contributed by atoms with Gasteiger partial charge in [0.15, 0.2) is 5.96 Å². The molecule has 2 N–H and O–H groups in total. The summed E-state index contributed by atoms with van der Waals surface area (Å²) in [6.45, 7) is 14.5. The van der Waals surface area contributed by atoms with Gasteiger partial charge in [0.1, 0.15) is 0 Å². The van der Waals surface area contributed by atoms with Crippen molar-refractivity contribution < 1.29 is 4.21 Å². The monoisotopic (exact) mass is 380 g/mol. The maximum absolute atomic E-state index is 12.1. The number of hydrogen-bond donors (Lipinski definition) is 2. The molecule has 0 amide bonds. The van der Waals surface area contributed by atoms with E-state index in [2.05, 4.69) is 58.6 Å². The summed E-state index contributed by atoms with van der Waals surface area (Å²) in [7, 11) is -0.846. The quantitative estimate of drug-likeness (QED) is 0.372. The van der Waals surface area contributed by atoms with Crippen molar-refractivity contribution in [1.82, 2.24) is 10.6 Å². The van der Waals surface area contributed by atoms with Crippen LogP contribution in [0.4, 0.5) is 5.69 Å². The van der Waals surface area contributed by atoms with E-state index in [9.17, 15) is 4.21 Å². The standard InChI is InChI=1S/C20H36N4OS/c1-6-21-19(23-15-17-26(25)20(3,4)5)22-14-11-16-24(7-2)18-12-9-8-10-13-18/h8-10,12-13H,6-7,11,14-17H2,1-5H3,(H2,21,22,23). The zero-order chi connectivity index (χ0) is 19.4. The molecular weight excluding hydrogens is 344 g/mol. The molecule has 26 heavy (non-hydrogen) atoms. The van der Waals surface area contributed by atoms with Gasteiger partial charge in [0.25, 0.3) is 0 Å². The van der Waals surface area contributed by atoms with Crippen LogP contribution in [-0.2, 0) is 10.8 Å². The van der Waals surface area contributed by atoms with Gasteiger partial charge in [-0.1, -0.05) is 18.2 Å². The Morgan fingerprint density at radius 2 is 1.85 bits per heavy atom. The number of benzene rings is 1. The van der Waals surface area contributed by atoms with E-state index >= 15 is 0 Å². The van der Waals surface area contributed by atoms with Crippen molar-refractivity contribution in [3.63, 3.8) is 0 Å². The summed E-state index contributed by atoms with van der Waals surface area (Å²) < 4.78 is 11.9. The Labute approximate surface area is 162 Å². The van der Waals surface area contributed by atoms with Gasteiger partial charge in [0.05, 0.1) is 0 Å². The molecular formula is C20H36N4OS. The Morgan fingerprint density at radius 1 is 1.15 bits per heavy atom. The van der Waals surface area contributed by atoms with Gasteiger partial charge in [-0.15, -0.1) is 0 Å². The van der Waals surface area contributed by atoms with Gasteiger partial charge in [-0.25, -0.2) is 0 Å². The largest absolute Gasteiger partial charge is 0.372 e. The van der Waals surface area contributed by atoms with E-state index in [0.29, 0.717) is 12.3 Å². The molecule has 0 aliphatic carbocycles. The Hall–Kier alpha value is -1.56. The van der Waals surface area contributed by atoms with Crippen LogP contribution in [0, 0.1) is 0 Å². The molecule has 1 aromatic rings. The van der Waals surface area contributed by atoms with Gasteiger partial charge in [-0.3, -0.25) is 9.20 Å². The highest BCUT2D eigenvalue weighted by atomic mass is 32.2. The Kier molecular flexibility index (Phi) is 10.3. The van der Waals surface area contributed by atoms with Crippen molar-refractivity contribution in [2.24, 2.45) is 4.99 Å². The predicted octanol–water partition coefficient (Wildman–Crippen LogP) is 3.01. The Morgan fingerprint density at radius 3 is 2.42 bits per heavy atom. The van der Waals surface area contributed by atoms with E-state index in [1.54, 1.807) is 0 Å². The molecule has 0 saturated carbocycles. The normalized spacial score (nSPS) is 13.3. The van der Waals surface area contributed by atoms with Gasteiger partial charge in [0.2, 0.25) is 0 Å². The first-order valence-electron chi connectivity index (χ1n) is 9.59. The second-order valence-electron chi connectivity index (χ2n) is 7.12. The highest BCUT2D eigenvalue weighted by Gasteiger charge is 2.18. The third kappa shape index (κ3) is 8.70. The molecule has 1 rings (SSSR count). The fraction of sp³-hybridized carbons (Fsp3) is 0.650. The molecule has 0 bridgehead atoms. The number of para-hydroxylation sites is 1. The fourth-order valence-corrected chi connectivity index (χ4v) is 3.37. The summed E-state index contributed by atoms with van der Waals surface area (Å²) in [6.07, 6.45) is 0.993. The molecule has 0 radical (unpaired) electrons. The van der Waals surface area contributed by atoms with E-state index in [4.69, 9.17) is 0 Å². The second-order valence-corrected chi connectivity index (χ2v) is 9.44. The van der Waals surface area contributed by atoms with Gasteiger partial charge in [0, 0.05) is 59.7 Å². The summed E-state index contributed by atoms with van der Waals surface area (Å²) >= 11 is 0. The minimum absolute atomic E-state index is 0.168. The summed E-state index contributed by atoms with van der Waals surface area (Å²) in [5, 5.41) is 6.54. The SMILES string of the molecule is CCNC(=NCCCN(CC)c1ccccc1)NCCS(=O)C(C)(C)C. The lowest BCUT2D eigenvalue weighted by atomic mass is 10.2. The van der Waals surface area contributed by atoms with Gasteiger partial charge in [-0.2, -0.15) is 0 Å². The Bertz CT molecular complexity index is 555. The van der Waals surface area contributed by atoms with Crippen LogP contribution in [0.1, 0.15) is 41.0 Å². The second kappa shape index (κ2) is 11.9. The van der Waals surface area contributed by atoms with Crippen LogP contribution in [0.25, 0.3) is 0 Å². The highest BCUT2D eigenvalue weighted by molar-refractivity contribution is 7.86. The van der Waals surface area contributed by atoms with E-state index in [1.807, 2.05) is 26.8 Å². The number of hydrogen-bond acceptors (Lipinski definition) is 3. The van der Waals surface area contributed by atoms with Crippen molar-refractivity contribution >= 4 is 22.4 Å². The van der Waals surface area contributed by atoms with E-state index < -0.39 is 10.8 Å². The molecule has 6 heteroatoms. The van der Waals surface area contributed by atoms with Gasteiger partial charge in [-0.05, 0) is 53.2 Å². The van der Waals surface area contributed by atoms with Crippen molar-refractivity contribution in [3.8, 4) is 0 Å². The smallest absolute Gasteiger partial charge is 0.191 e. The van der Waals surface area contributed by atoms with Crippen LogP contribution >= 0.6 is 0 Å². The molecule has 1 atom stereocenters. The third-order valence-corrected chi connectivity index (χ3v) is 5.91. The van der Waals surface area contributed by atoms with E-state index in [-0.39, 0.29) is 4.75 Å². The number of nitrogens with one attached hydrogen (secondary N) is 2. The summed E-state index contributed by atoms with van der Waals surface area (Å²) in [5.74, 6) is 1.44. The van der Waals surface area contributed by atoms with E-state index in [1.165, 1.54) is 5.69 Å². The first-order valence-corrected chi connectivity index (χ1v) is 10.9. The van der Waals surface area contributed by atoms with Crippen LogP contribution < -0.4 is 15.5 Å². The number of rotatable bonds is 10. The summed E-state index contributed by atoms with van der Waals surface area (Å²) in [6, 6.07) is 10.5. The minimum atomic E-state index is -0.846. The Balaban J connectivity index is 2.42.